The summed E-state index contributed by atoms with van der Waals surface area (Å²) in [6.07, 6.45) is 5.35. The molecule has 0 saturated carbocycles. The highest BCUT2D eigenvalue weighted by Crippen LogP contribution is 2.18. The molecule has 0 fully saturated rings. The monoisotopic (exact) mass is 333 g/mol. The number of hydrogen-bond acceptors (Lipinski definition) is 4. The van der Waals surface area contributed by atoms with E-state index in [9.17, 15) is 4.79 Å². The molecule has 0 aliphatic heterocycles. The topological polar surface area (TPSA) is 68.8 Å². The van der Waals surface area contributed by atoms with Gasteiger partial charge >= 0.3 is 0 Å². The summed E-state index contributed by atoms with van der Waals surface area (Å²) in [6.45, 7) is 0.375. The molecule has 0 bridgehead atoms. The molecular weight excluding hydrogens is 318 g/mol. The number of carbonyl (C=O) groups is 1. The van der Waals surface area contributed by atoms with Gasteiger partial charge < -0.3 is 18.9 Å². The Kier molecular flexibility index (Phi) is 3.92. The third-order valence-corrected chi connectivity index (χ3v) is 3.66. The van der Waals surface area contributed by atoms with Crippen LogP contribution >= 0.6 is 0 Å². The van der Waals surface area contributed by atoms with Crippen molar-refractivity contribution in [3.05, 3.63) is 84.7 Å². The number of aromatic nitrogens is 2. The SMILES string of the molecule is O=C(Nc1ccc(OCc2cn3ccccc3n2)cc1)c1ccco1. The number of pyridine rings is 1. The fourth-order valence-corrected chi connectivity index (χ4v) is 2.45. The lowest BCUT2D eigenvalue weighted by Gasteiger charge is -2.06. The van der Waals surface area contributed by atoms with E-state index in [0.29, 0.717) is 18.0 Å². The average molecular weight is 333 g/mol. The Labute approximate surface area is 143 Å². The highest BCUT2D eigenvalue weighted by Gasteiger charge is 2.08. The number of hydrogen-bond donors (Lipinski definition) is 1. The Morgan fingerprint density at radius 2 is 2.00 bits per heavy atom. The summed E-state index contributed by atoms with van der Waals surface area (Å²) in [5.41, 5.74) is 2.40. The molecule has 0 unspecified atom stereocenters. The van der Waals surface area contributed by atoms with Crippen molar-refractivity contribution in [2.45, 2.75) is 6.61 Å². The van der Waals surface area contributed by atoms with Gasteiger partial charge in [-0.15, -0.1) is 0 Å². The van der Waals surface area contributed by atoms with Gasteiger partial charge in [0.15, 0.2) is 5.76 Å². The number of amides is 1. The predicted octanol–water partition coefficient (Wildman–Crippen LogP) is 3.76. The predicted molar refractivity (Wildman–Crippen MR) is 92.6 cm³/mol. The van der Waals surface area contributed by atoms with Gasteiger partial charge in [-0.1, -0.05) is 6.07 Å². The summed E-state index contributed by atoms with van der Waals surface area (Å²) in [7, 11) is 0. The molecule has 0 aliphatic rings. The molecule has 124 valence electrons. The first kappa shape index (κ1) is 15.0. The number of fused-ring (bicyclic) bond motifs is 1. The van der Waals surface area contributed by atoms with Gasteiger partial charge in [0.1, 0.15) is 18.0 Å². The van der Waals surface area contributed by atoms with Crippen molar-refractivity contribution < 1.29 is 13.9 Å². The van der Waals surface area contributed by atoms with Gasteiger partial charge in [-0.3, -0.25) is 4.79 Å². The lowest BCUT2D eigenvalue weighted by atomic mass is 10.3. The first-order chi connectivity index (χ1) is 12.3. The minimum atomic E-state index is -0.289. The second kappa shape index (κ2) is 6.52. The van der Waals surface area contributed by atoms with Crippen LogP contribution in [-0.4, -0.2) is 15.3 Å². The van der Waals surface area contributed by atoms with Crippen molar-refractivity contribution in [3.63, 3.8) is 0 Å². The van der Waals surface area contributed by atoms with Crippen molar-refractivity contribution in [1.82, 2.24) is 9.38 Å². The molecule has 6 heteroatoms. The van der Waals surface area contributed by atoms with Crippen molar-refractivity contribution >= 4 is 17.2 Å². The molecule has 0 saturated heterocycles. The fraction of sp³-hybridized carbons (Fsp3) is 0.0526. The lowest BCUT2D eigenvalue weighted by molar-refractivity contribution is 0.0996. The smallest absolute Gasteiger partial charge is 0.291 e. The number of carbonyl (C=O) groups excluding carboxylic acids is 1. The summed E-state index contributed by atoms with van der Waals surface area (Å²) in [4.78, 5) is 16.4. The van der Waals surface area contributed by atoms with Crippen LogP contribution in [0.2, 0.25) is 0 Å². The molecule has 0 aliphatic carbocycles. The van der Waals surface area contributed by atoms with Crippen LogP contribution < -0.4 is 10.1 Å². The molecule has 0 spiro atoms. The van der Waals surface area contributed by atoms with Crippen molar-refractivity contribution in [3.8, 4) is 5.75 Å². The molecule has 0 atom stereocenters. The van der Waals surface area contributed by atoms with Gasteiger partial charge in [0.05, 0.1) is 12.0 Å². The van der Waals surface area contributed by atoms with Gasteiger partial charge in [0.2, 0.25) is 0 Å². The molecule has 1 amide bonds. The molecule has 6 nitrogen and oxygen atoms in total. The van der Waals surface area contributed by atoms with E-state index in [2.05, 4.69) is 10.3 Å². The molecule has 25 heavy (non-hydrogen) atoms. The molecule has 3 aromatic heterocycles. The summed E-state index contributed by atoms with van der Waals surface area (Å²) < 4.78 is 12.8. The minimum Gasteiger partial charge on any atom is -0.487 e. The van der Waals surface area contributed by atoms with Crippen LogP contribution in [0.3, 0.4) is 0 Å². The lowest BCUT2D eigenvalue weighted by Crippen LogP contribution is -2.10. The van der Waals surface area contributed by atoms with Crippen LogP contribution in [-0.2, 0) is 6.61 Å². The van der Waals surface area contributed by atoms with E-state index in [-0.39, 0.29) is 11.7 Å². The normalized spacial score (nSPS) is 10.7. The average Bonchev–Trinajstić information content (AvgIpc) is 3.30. The van der Waals surface area contributed by atoms with Crippen LogP contribution in [0.4, 0.5) is 5.69 Å². The zero-order valence-electron chi connectivity index (χ0n) is 13.3. The van der Waals surface area contributed by atoms with Gasteiger partial charge in [0.25, 0.3) is 5.91 Å². The molecule has 4 aromatic rings. The zero-order chi connectivity index (χ0) is 17.1. The van der Waals surface area contributed by atoms with E-state index < -0.39 is 0 Å². The first-order valence-corrected chi connectivity index (χ1v) is 7.78. The Morgan fingerprint density at radius 1 is 1.12 bits per heavy atom. The maximum absolute atomic E-state index is 11.9. The summed E-state index contributed by atoms with van der Waals surface area (Å²) in [5, 5.41) is 2.76. The highest BCUT2D eigenvalue weighted by atomic mass is 16.5. The van der Waals surface area contributed by atoms with Gasteiger partial charge in [-0.05, 0) is 48.5 Å². The number of ether oxygens (including phenoxy) is 1. The van der Waals surface area contributed by atoms with Crippen molar-refractivity contribution in [1.29, 1.82) is 0 Å². The zero-order valence-corrected chi connectivity index (χ0v) is 13.3. The van der Waals surface area contributed by atoms with Crippen molar-refractivity contribution in [2.24, 2.45) is 0 Å². The maximum Gasteiger partial charge on any atom is 0.291 e. The Bertz CT molecular complexity index is 955. The number of imidazole rings is 1. The molecule has 1 N–H and O–H groups in total. The first-order valence-electron chi connectivity index (χ1n) is 7.78. The van der Waals surface area contributed by atoms with E-state index >= 15 is 0 Å². The number of nitrogens with one attached hydrogen (secondary N) is 1. The summed E-state index contributed by atoms with van der Waals surface area (Å²) in [6, 6.07) is 16.3. The molecule has 1 aromatic carbocycles. The Balaban J connectivity index is 1.37. The van der Waals surface area contributed by atoms with Gasteiger partial charge in [0, 0.05) is 18.1 Å². The van der Waals surface area contributed by atoms with E-state index in [1.807, 2.05) is 35.0 Å². The van der Waals surface area contributed by atoms with E-state index in [4.69, 9.17) is 9.15 Å². The quantitative estimate of drug-likeness (QED) is 0.604. The number of furan rings is 1. The maximum atomic E-state index is 11.9. The van der Waals surface area contributed by atoms with Crippen LogP contribution in [0.25, 0.3) is 5.65 Å². The molecule has 0 radical (unpaired) electrons. The number of benzene rings is 1. The minimum absolute atomic E-state index is 0.271. The number of rotatable bonds is 5. The Hall–Kier alpha value is -3.54. The van der Waals surface area contributed by atoms with Crippen molar-refractivity contribution in [2.75, 3.05) is 5.32 Å². The summed E-state index contributed by atoms with van der Waals surface area (Å²) >= 11 is 0. The largest absolute Gasteiger partial charge is 0.487 e. The van der Waals surface area contributed by atoms with Gasteiger partial charge in [-0.25, -0.2) is 4.98 Å². The van der Waals surface area contributed by atoms with E-state index in [1.54, 1.807) is 36.4 Å². The van der Waals surface area contributed by atoms with Crippen LogP contribution in [0, 0.1) is 0 Å². The van der Waals surface area contributed by atoms with Gasteiger partial charge in [-0.2, -0.15) is 0 Å². The molecular formula is C19H15N3O3. The molecule has 4 rings (SSSR count). The van der Waals surface area contributed by atoms with Crippen LogP contribution in [0.1, 0.15) is 16.2 Å². The molecule has 3 heterocycles. The third-order valence-electron chi connectivity index (χ3n) is 3.66. The number of anilines is 1. The Morgan fingerprint density at radius 3 is 2.76 bits per heavy atom. The highest BCUT2D eigenvalue weighted by molar-refractivity contribution is 6.02. The summed E-state index contributed by atoms with van der Waals surface area (Å²) in [5.74, 6) is 0.684. The van der Waals surface area contributed by atoms with E-state index in [0.717, 1.165) is 11.3 Å². The second-order valence-electron chi connectivity index (χ2n) is 5.44. The van der Waals surface area contributed by atoms with E-state index in [1.165, 1.54) is 6.26 Å². The van der Waals surface area contributed by atoms with Crippen LogP contribution in [0.15, 0.2) is 77.7 Å². The number of nitrogens with zero attached hydrogens (tertiary/aromatic N) is 2. The van der Waals surface area contributed by atoms with Crippen LogP contribution in [0.5, 0.6) is 5.75 Å². The standard InChI is InChI=1S/C19H15N3O3/c23-19(17-4-3-11-24-17)21-14-6-8-16(9-7-14)25-13-15-12-22-10-2-1-5-18(22)20-15/h1-12H,13H2,(H,21,23). The third kappa shape index (κ3) is 3.37. The second-order valence-corrected chi connectivity index (χ2v) is 5.44. The fourth-order valence-electron chi connectivity index (χ4n) is 2.45.